The van der Waals surface area contributed by atoms with E-state index in [1.807, 2.05) is 36.4 Å². The van der Waals surface area contributed by atoms with Gasteiger partial charge in [0.2, 0.25) is 0 Å². The van der Waals surface area contributed by atoms with Crippen molar-refractivity contribution in [2.24, 2.45) is 0 Å². The van der Waals surface area contributed by atoms with Gasteiger partial charge in [-0.2, -0.15) is 0 Å². The van der Waals surface area contributed by atoms with Crippen LogP contribution in [0.3, 0.4) is 0 Å². The molecule has 0 atom stereocenters. The quantitative estimate of drug-likeness (QED) is 0.173. The van der Waals surface area contributed by atoms with Gasteiger partial charge in [0.25, 0.3) is 5.91 Å². The van der Waals surface area contributed by atoms with Crippen molar-refractivity contribution in [3.63, 3.8) is 0 Å². The smallest absolute Gasteiger partial charge is 0.303 e. The molecule has 7 nitrogen and oxygen atoms in total. The minimum Gasteiger partial charge on any atom is -0.492 e. The molecule has 2 saturated heterocycles. The molecule has 0 unspecified atom stereocenters. The highest BCUT2D eigenvalue weighted by molar-refractivity contribution is 8.26. The Kier molecular flexibility index (Phi) is 11.1. The summed E-state index contributed by atoms with van der Waals surface area (Å²) in [5, 5.41) is 9.76. The van der Waals surface area contributed by atoms with Gasteiger partial charge in [0.15, 0.2) is 0 Å². The van der Waals surface area contributed by atoms with Crippen LogP contribution in [0.25, 0.3) is 17.2 Å². The molecule has 208 valence electrons. The van der Waals surface area contributed by atoms with Crippen LogP contribution in [0.1, 0.15) is 31.2 Å². The van der Waals surface area contributed by atoms with Crippen molar-refractivity contribution < 1.29 is 24.2 Å². The summed E-state index contributed by atoms with van der Waals surface area (Å²) < 4.78 is 12.1. The predicted octanol–water partition coefficient (Wildman–Crippen LogP) is 6.22. The van der Waals surface area contributed by atoms with E-state index in [9.17, 15) is 9.59 Å². The number of hydrogen-bond donors (Lipinski definition) is 1. The number of benzene rings is 2. The van der Waals surface area contributed by atoms with Gasteiger partial charge < -0.3 is 14.6 Å². The molecule has 0 aliphatic carbocycles. The van der Waals surface area contributed by atoms with E-state index >= 15 is 0 Å². The van der Waals surface area contributed by atoms with Gasteiger partial charge in [0, 0.05) is 38.2 Å². The number of rotatable bonds is 12. The Balaban J connectivity index is 1.52. The molecular weight excluding hydrogens is 579 g/mol. The standard InChI is InChI=1S/C28H30Cl2N2O5S2/c29-22-7-5-20(17-23(22)30)19-6-8-24(37-15-12-31-10-13-36-14-11-31)21(16-19)18-25-27(35)32(28(38)39-25)9-3-1-2-4-26(33)34/h5-8,16-18H,1-4,9-15H2,(H,33,34)/b25-18-. The van der Waals surface area contributed by atoms with E-state index in [1.54, 1.807) is 11.0 Å². The zero-order valence-corrected chi connectivity index (χ0v) is 24.5. The van der Waals surface area contributed by atoms with Crippen LogP contribution < -0.4 is 4.74 Å². The SMILES string of the molecule is O=C(O)CCCCCN1C(=O)/C(=C/c2cc(-c3ccc(Cl)c(Cl)c3)ccc2OCCN2CCOCC2)SC1=S. The first-order chi connectivity index (χ1) is 18.8. The fourth-order valence-corrected chi connectivity index (χ4v) is 5.91. The molecule has 39 heavy (non-hydrogen) atoms. The predicted molar refractivity (Wildman–Crippen MR) is 161 cm³/mol. The van der Waals surface area contributed by atoms with Crippen LogP contribution in [0, 0.1) is 0 Å². The second kappa shape index (κ2) is 14.5. The Hall–Kier alpha value is -2.14. The van der Waals surface area contributed by atoms with Crippen LogP contribution in [0.4, 0.5) is 0 Å². The average Bonchev–Trinajstić information content (AvgIpc) is 3.18. The molecule has 2 aromatic carbocycles. The number of carbonyl (C=O) groups excluding carboxylic acids is 1. The third-order valence-electron chi connectivity index (χ3n) is 6.46. The number of hydrogen-bond acceptors (Lipinski definition) is 7. The van der Waals surface area contributed by atoms with Crippen molar-refractivity contribution in [2.75, 3.05) is 46.0 Å². The molecule has 2 aromatic rings. The van der Waals surface area contributed by atoms with Gasteiger partial charge >= 0.3 is 5.97 Å². The van der Waals surface area contributed by atoms with Crippen molar-refractivity contribution in [3.8, 4) is 16.9 Å². The minimum atomic E-state index is -0.811. The molecule has 2 aliphatic heterocycles. The summed E-state index contributed by atoms with van der Waals surface area (Å²) in [6.07, 6.45) is 3.94. The number of morpholine rings is 1. The maximum absolute atomic E-state index is 13.2. The molecule has 1 N–H and O–H groups in total. The molecule has 0 spiro atoms. The van der Waals surface area contributed by atoms with E-state index in [4.69, 9.17) is 50.0 Å². The second-order valence-electron chi connectivity index (χ2n) is 9.22. The Bertz CT molecular complexity index is 1250. The summed E-state index contributed by atoms with van der Waals surface area (Å²) in [5.74, 6) is -0.289. The third kappa shape index (κ3) is 8.42. The lowest BCUT2D eigenvalue weighted by Gasteiger charge is -2.26. The number of carboxylic acid groups (broad SMARTS) is 1. The fourth-order valence-electron chi connectivity index (χ4n) is 4.31. The van der Waals surface area contributed by atoms with E-state index in [2.05, 4.69) is 4.90 Å². The highest BCUT2D eigenvalue weighted by Gasteiger charge is 2.31. The fraction of sp³-hybridized carbons (Fsp3) is 0.393. The van der Waals surface area contributed by atoms with Crippen molar-refractivity contribution in [2.45, 2.75) is 25.7 Å². The second-order valence-corrected chi connectivity index (χ2v) is 11.7. The van der Waals surface area contributed by atoms with Crippen LogP contribution >= 0.6 is 47.2 Å². The normalized spacial score (nSPS) is 17.3. The zero-order chi connectivity index (χ0) is 27.8. The number of carboxylic acids is 1. The summed E-state index contributed by atoms with van der Waals surface area (Å²) in [7, 11) is 0. The van der Waals surface area contributed by atoms with E-state index < -0.39 is 5.97 Å². The number of ether oxygens (including phenoxy) is 2. The topological polar surface area (TPSA) is 79.3 Å². The summed E-state index contributed by atoms with van der Waals surface area (Å²) in [4.78, 5) is 28.4. The molecule has 11 heteroatoms. The minimum absolute atomic E-state index is 0.127. The van der Waals surface area contributed by atoms with Gasteiger partial charge in [0.1, 0.15) is 16.7 Å². The Morgan fingerprint density at radius 2 is 1.79 bits per heavy atom. The highest BCUT2D eigenvalue weighted by Crippen LogP contribution is 2.37. The molecule has 0 aromatic heterocycles. The van der Waals surface area contributed by atoms with Gasteiger partial charge in [0.05, 0.1) is 28.2 Å². The first kappa shape index (κ1) is 29.8. The number of halogens is 2. The lowest BCUT2D eigenvalue weighted by atomic mass is 10.0. The third-order valence-corrected chi connectivity index (χ3v) is 8.58. The Morgan fingerprint density at radius 1 is 1.05 bits per heavy atom. The largest absolute Gasteiger partial charge is 0.492 e. The molecule has 2 heterocycles. The van der Waals surface area contributed by atoms with Crippen LogP contribution in [-0.4, -0.2) is 77.1 Å². The molecule has 0 radical (unpaired) electrons. The zero-order valence-electron chi connectivity index (χ0n) is 21.4. The van der Waals surface area contributed by atoms with Gasteiger partial charge in [-0.1, -0.05) is 65.7 Å². The van der Waals surface area contributed by atoms with Crippen LogP contribution in [0.15, 0.2) is 41.3 Å². The van der Waals surface area contributed by atoms with Crippen LogP contribution in [-0.2, 0) is 14.3 Å². The average molecular weight is 610 g/mol. The number of thioether (sulfide) groups is 1. The van der Waals surface area contributed by atoms with E-state index in [1.165, 1.54) is 11.8 Å². The molecular formula is C28H30Cl2N2O5S2. The first-order valence-electron chi connectivity index (χ1n) is 12.8. The lowest BCUT2D eigenvalue weighted by Crippen LogP contribution is -2.38. The number of nitrogens with zero attached hydrogens (tertiary/aromatic N) is 2. The van der Waals surface area contributed by atoms with Crippen molar-refractivity contribution in [1.29, 1.82) is 0 Å². The van der Waals surface area contributed by atoms with Gasteiger partial charge in [-0.15, -0.1) is 0 Å². The van der Waals surface area contributed by atoms with E-state index in [0.29, 0.717) is 51.0 Å². The van der Waals surface area contributed by atoms with Crippen molar-refractivity contribution >= 4 is 69.5 Å². The van der Waals surface area contributed by atoms with Crippen molar-refractivity contribution in [3.05, 3.63) is 56.9 Å². The maximum atomic E-state index is 13.2. The number of unbranched alkanes of at least 4 members (excludes halogenated alkanes) is 2. The molecule has 0 saturated carbocycles. The van der Waals surface area contributed by atoms with Crippen LogP contribution in [0.2, 0.25) is 10.0 Å². The monoisotopic (exact) mass is 608 g/mol. The molecule has 0 bridgehead atoms. The number of amides is 1. The molecule has 1 amide bonds. The maximum Gasteiger partial charge on any atom is 0.303 e. The summed E-state index contributed by atoms with van der Waals surface area (Å²) in [5.41, 5.74) is 2.57. The Morgan fingerprint density at radius 3 is 2.54 bits per heavy atom. The molecule has 2 aliphatic rings. The summed E-state index contributed by atoms with van der Waals surface area (Å²) in [6, 6.07) is 11.3. The van der Waals surface area contributed by atoms with Gasteiger partial charge in [-0.3, -0.25) is 19.4 Å². The van der Waals surface area contributed by atoms with Gasteiger partial charge in [-0.25, -0.2) is 0 Å². The first-order valence-corrected chi connectivity index (χ1v) is 14.8. The number of aliphatic carboxylic acids is 1. The van der Waals surface area contributed by atoms with E-state index in [-0.39, 0.29) is 12.3 Å². The van der Waals surface area contributed by atoms with Crippen molar-refractivity contribution in [1.82, 2.24) is 9.80 Å². The van der Waals surface area contributed by atoms with Crippen LogP contribution in [0.5, 0.6) is 5.75 Å². The summed E-state index contributed by atoms with van der Waals surface area (Å²) >= 11 is 19.1. The molecule has 4 rings (SSSR count). The highest BCUT2D eigenvalue weighted by atomic mass is 35.5. The molecule has 2 fully saturated rings. The Labute approximate surface area is 248 Å². The lowest BCUT2D eigenvalue weighted by molar-refractivity contribution is -0.137. The van der Waals surface area contributed by atoms with Gasteiger partial charge in [-0.05, 0) is 54.3 Å². The number of carbonyl (C=O) groups is 2. The summed E-state index contributed by atoms with van der Waals surface area (Å²) in [6.45, 7) is 4.96. The van der Waals surface area contributed by atoms with E-state index in [0.717, 1.165) is 56.0 Å². The number of thiocarbonyl (C=S) groups is 1.